The first-order valence-corrected chi connectivity index (χ1v) is 18.1. The fourth-order valence-electron chi connectivity index (χ4n) is 4.22. The third kappa shape index (κ3) is 7.20. The zero-order valence-electron chi connectivity index (χ0n) is 16.5. The first-order chi connectivity index (χ1) is 11.0. The number of rotatable bonds is 12. The van der Waals surface area contributed by atoms with Crippen molar-refractivity contribution in [2.75, 3.05) is 0 Å². The predicted octanol–water partition coefficient (Wildman–Crippen LogP) is 7.81. The van der Waals surface area contributed by atoms with E-state index >= 15 is 0 Å². The van der Waals surface area contributed by atoms with E-state index in [1.807, 2.05) is 0 Å². The van der Waals surface area contributed by atoms with Crippen LogP contribution in [0.2, 0.25) is 17.7 Å². The maximum absolute atomic E-state index is 2.51. The molecule has 0 heterocycles. The molecule has 1 aromatic rings. The second-order valence-electron chi connectivity index (χ2n) is 8.24. The van der Waals surface area contributed by atoms with Gasteiger partial charge in [-0.15, -0.1) is 0 Å². The molecular formula is C22H40Sn. The zero-order chi connectivity index (χ0) is 17.2. The van der Waals surface area contributed by atoms with Crippen molar-refractivity contribution in [1.82, 2.24) is 0 Å². The van der Waals surface area contributed by atoms with E-state index in [9.17, 15) is 0 Å². The van der Waals surface area contributed by atoms with Gasteiger partial charge in [0.1, 0.15) is 0 Å². The molecule has 0 radical (unpaired) electrons. The van der Waals surface area contributed by atoms with Crippen LogP contribution in [0.25, 0.3) is 0 Å². The minimum absolute atomic E-state index is 0.368. The molecule has 0 aliphatic carbocycles. The molecule has 0 aliphatic heterocycles. The fraction of sp³-hybridized carbons (Fsp3) is 0.727. The van der Waals surface area contributed by atoms with Crippen molar-refractivity contribution in [2.45, 2.75) is 96.3 Å². The van der Waals surface area contributed by atoms with Gasteiger partial charge in [-0.25, -0.2) is 0 Å². The number of hydrogen-bond acceptors (Lipinski definition) is 0. The first kappa shape index (κ1) is 21.1. The van der Waals surface area contributed by atoms with Crippen LogP contribution in [0.1, 0.15) is 78.7 Å². The van der Waals surface area contributed by atoms with Crippen LogP contribution in [0.4, 0.5) is 0 Å². The van der Waals surface area contributed by atoms with Gasteiger partial charge in [-0.05, 0) is 0 Å². The van der Waals surface area contributed by atoms with Crippen molar-refractivity contribution in [3.63, 3.8) is 0 Å². The molecule has 1 rings (SSSR count). The molecule has 0 unspecified atom stereocenters. The van der Waals surface area contributed by atoms with Crippen molar-refractivity contribution in [2.24, 2.45) is 0 Å². The van der Waals surface area contributed by atoms with Crippen LogP contribution in [0.5, 0.6) is 0 Å². The summed E-state index contributed by atoms with van der Waals surface area (Å²) in [7, 11) is 0. The van der Waals surface area contributed by atoms with Gasteiger partial charge in [-0.2, -0.15) is 0 Å². The Morgan fingerprint density at radius 1 is 0.739 bits per heavy atom. The fourth-order valence-corrected chi connectivity index (χ4v) is 23.3. The van der Waals surface area contributed by atoms with Crippen LogP contribution < -0.4 is 0 Å². The van der Waals surface area contributed by atoms with Gasteiger partial charge < -0.3 is 0 Å². The van der Waals surface area contributed by atoms with Gasteiger partial charge in [0.2, 0.25) is 0 Å². The third-order valence-corrected chi connectivity index (χ3v) is 22.3. The SMILES string of the molecule is CCC[CH2][Sn]([CH2]CCC)([CH2]CCC)[CH2]C(C)(C)c1ccccc1. The Hall–Kier alpha value is 0.0187. The number of hydrogen-bond donors (Lipinski definition) is 0. The van der Waals surface area contributed by atoms with Gasteiger partial charge in [-0.1, -0.05) is 0 Å². The Kier molecular flexibility index (Phi) is 9.89. The normalized spacial score (nSPS) is 12.6. The Bertz CT molecular complexity index is 385. The van der Waals surface area contributed by atoms with Crippen molar-refractivity contribution < 1.29 is 0 Å². The monoisotopic (exact) mass is 424 g/mol. The summed E-state index contributed by atoms with van der Waals surface area (Å²) >= 11 is -2.06. The number of unbranched alkanes of at least 4 members (excludes halogenated alkanes) is 3. The molecule has 0 saturated carbocycles. The van der Waals surface area contributed by atoms with E-state index in [0.29, 0.717) is 5.41 Å². The summed E-state index contributed by atoms with van der Waals surface area (Å²) in [6.07, 6.45) is 8.57. The maximum atomic E-state index is 2.51. The summed E-state index contributed by atoms with van der Waals surface area (Å²) in [4.78, 5) is 0. The van der Waals surface area contributed by atoms with E-state index in [1.54, 1.807) is 23.3 Å². The van der Waals surface area contributed by atoms with E-state index in [4.69, 9.17) is 0 Å². The molecule has 23 heavy (non-hydrogen) atoms. The topological polar surface area (TPSA) is 0 Å². The minimum atomic E-state index is -2.06. The van der Waals surface area contributed by atoms with Gasteiger partial charge in [0.25, 0.3) is 0 Å². The zero-order valence-corrected chi connectivity index (χ0v) is 19.3. The predicted molar refractivity (Wildman–Crippen MR) is 109 cm³/mol. The van der Waals surface area contributed by atoms with E-state index in [1.165, 1.54) is 38.5 Å². The summed E-state index contributed by atoms with van der Waals surface area (Å²) in [5, 5.41) is 0. The summed E-state index contributed by atoms with van der Waals surface area (Å²) in [6.45, 7) is 12.1. The quantitative estimate of drug-likeness (QED) is 0.301. The Labute approximate surface area is 150 Å². The Balaban J connectivity index is 2.99. The van der Waals surface area contributed by atoms with Crippen LogP contribution in [-0.2, 0) is 5.41 Å². The first-order valence-electron chi connectivity index (χ1n) is 10.0. The summed E-state index contributed by atoms with van der Waals surface area (Å²) in [6, 6.07) is 11.3. The van der Waals surface area contributed by atoms with Crippen molar-refractivity contribution in [3.8, 4) is 0 Å². The van der Waals surface area contributed by atoms with Gasteiger partial charge in [0, 0.05) is 0 Å². The Morgan fingerprint density at radius 2 is 1.17 bits per heavy atom. The van der Waals surface area contributed by atoms with Gasteiger partial charge in [0.15, 0.2) is 0 Å². The molecule has 0 N–H and O–H groups in total. The van der Waals surface area contributed by atoms with Crippen LogP contribution in [0.15, 0.2) is 30.3 Å². The van der Waals surface area contributed by atoms with Crippen molar-refractivity contribution in [3.05, 3.63) is 35.9 Å². The van der Waals surface area contributed by atoms with Gasteiger partial charge in [-0.3, -0.25) is 0 Å². The summed E-state index contributed by atoms with van der Waals surface area (Å²) < 4.78 is 6.43. The molecule has 0 aliphatic rings. The molecule has 0 aromatic heterocycles. The second kappa shape index (κ2) is 10.8. The van der Waals surface area contributed by atoms with Crippen molar-refractivity contribution in [1.29, 1.82) is 0 Å². The molecule has 1 heteroatoms. The molecule has 0 spiro atoms. The molecular weight excluding hydrogens is 383 g/mol. The molecule has 1 aromatic carbocycles. The summed E-state index contributed by atoms with van der Waals surface area (Å²) in [5.41, 5.74) is 1.93. The molecule has 132 valence electrons. The molecule has 0 fully saturated rings. The Morgan fingerprint density at radius 3 is 1.57 bits per heavy atom. The second-order valence-corrected chi connectivity index (χ2v) is 22.1. The average Bonchev–Trinajstić information content (AvgIpc) is 2.56. The van der Waals surface area contributed by atoms with Crippen LogP contribution in [0.3, 0.4) is 0 Å². The van der Waals surface area contributed by atoms with Crippen LogP contribution in [-0.4, -0.2) is 18.4 Å². The average molecular weight is 423 g/mol. The molecule has 0 nitrogen and oxygen atoms in total. The number of benzene rings is 1. The van der Waals surface area contributed by atoms with E-state index < -0.39 is 18.4 Å². The molecule has 0 saturated heterocycles. The van der Waals surface area contributed by atoms with Crippen LogP contribution >= 0.6 is 0 Å². The van der Waals surface area contributed by atoms with E-state index in [2.05, 4.69) is 65.0 Å². The van der Waals surface area contributed by atoms with E-state index in [-0.39, 0.29) is 0 Å². The van der Waals surface area contributed by atoms with E-state index in [0.717, 1.165) is 0 Å². The van der Waals surface area contributed by atoms with Gasteiger partial charge in [0.05, 0.1) is 0 Å². The molecule has 0 amide bonds. The molecule has 0 bridgehead atoms. The van der Waals surface area contributed by atoms with Crippen LogP contribution in [0, 0.1) is 0 Å². The standard InChI is InChI=1S/C10H13.3C4H9.Sn/c1-10(2,3)9-7-5-4-6-8-9;3*1-3-4-2;/h4-8H,1H2,2-3H3;3*1,3-4H2,2H3;. The van der Waals surface area contributed by atoms with Crippen molar-refractivity contribution >= 4 is 18.4 Å². The molecule has 0 atom stereocenters. The third-order valence-electron chi connectivity index (χ3n) is 5.55. The van der Waals surface area contributed by atoms with Gasteiger partial charge >= 0.3 is 151 Å². The summed E-state index contributed by atoms with van der Waals surface area (Å²) in [5.74, 6) is 0.